The molecule has 0 spiro atoms. The molecule has 18 heavy (non-hydrogen) atoms. The standard InChI is InChI=1S/C10H8ClFN4OS/c11-7-3-14-16(5-7)6-10(17)15-13-4-8-1-2-9(12)18-8/h1-5H,6H2,(H,15,17). The Labute approximate surface area is 111 Å². The van der Waals surface area contributed by atoms with Crippen LogP contribution in [0.5, 0.6) is 0 Å². The molecule has 0 aliphatic heterocycles. The molecule has 0 fully saturated rings. The first kappa shape index (κ1) is 12.7. The number of thiophene rings is 1. The van der Waals surface area contributed by atoms with Crippen LogP contribution in [0.15, 0.2) is 29.6 Å². The number of hydrogen-bond donors (Lipinski definition) is 1. The van der Waals surface area contributed by atoms with Crippen LogP contribution in [0.3, 0.4) is 0 Å². The lowest BCUT2D eigenvalue weighted by atomic mass is 10.5. The van der Waals surface area contributed by atoms with E-state index in [2.05, 4.69) is 15.6 Å². The normalized spacial score (nSPS) is 11.0. The SMILES string of the molecule is O=C(Cn1cc(Cl)cn1)NN=Cc1ccc(F)s1. The first-order valence-corrected chi connectivity index (χ1v) is 6.08. The summed E-state index contributed by atoms with van der Waals surface area (Å²) in [6.45, 7) is 0.0167. The van der Waals surface area contributed by atoms with Gasteiger partial charge in [0.1, 0.15) is 6.54 Å². The molecule has 94 valence electrons. The molecule has 2 aromatic rings. The molecule has 0 aliphatic carbocycles. The van der Waals surface area contributed by atoms with Crippen molar-refractivity contribution in [2.24, 2.45) is 5.10 Å². The summed E-state index contributed by atoms with van der Waals surface area (Å²) in [5.74, 6) is -0.344. The van der Waals surface area contributed by atoms with Gasteiger partial charge in [0.05, 0.1) is 22.3 Å². The third-order valence-electron chi connectivity index (χ3n) is 1.88. The lowest BCUT2D eigenvalue weighted by Gasteiger charge is -1.98. The van der Waals surface area contributed by atoms with Crippen molar-refractivity contribution >= 4 is 35.1 Å². The van der Waals surface area contributed by atoms with E-state index in [0.29, 0.717) is 9.90 Å². The summed E-state index contributed by atoms with van der Waals surface area (Å²) in [5.41, 5.74) is 2.31. The van der Waals surface area contributed by atoms with Gasteiger partial charge in [-0.05, 0) is 12.1 Å². The topological polar surface area (TPSA) is 59.3 Å². The molecule has 0 bridgehead atoms. The Balaban J connectivity index is 1.83. The van der Waals surface area contributed by atoms with Crippen molar-refractivity contribution in [1.82, 2.24) is 15.2 Å². The number of nitrogens with one attached hydrogen (secondary N) is 1. The Morgan fingerprint density at radius 3 is 3.11 bits per heavy atom. The molecule has 0 saturated carbocycles. The summed E-state index contributed by atoms with van der Waals surface area (Å²) in [6.07, 6.45) is 4.34. The van der Waals surface area contributed by atoms with Crippen molar-refractivity contribution in [2.45, 2.75) is 6.54 Å². The highest BCUT2D eigenvalue weighted by molar-refractivity contribution is 7.12. The van der Waals surface area contributed by atoms with Crippen molar-refractivity contribution in [3.05, 3.63) is 39.6 Å². The Hall–Kier alpha value is -1.73. The second-order valence-electron chi connectivity index (χ2n) is 3.29. The molecule has 2 aromatic heterocycles. The molecule has 5 nitrogen and oxygen atoms in total. The van der Waals surface area contributed by atoms with E-state index in [9.17, 15) is 9.18 Å². The van der Waals surface area contributed by atoms with Gasteiger partial charge < -0.3 is 0 Å². The quantitative estimate of drug-likeness (QED) is 0.689. The van der Waals surface area contributed by atoms with Crippen LogP contribution in [0.25, 0.3) is 0 Å². The molecule has 0 atom stereocenters. The van der Waals surface area contributed by atoms with Crippen molar-refractivity contribution in [3.8, 4) is 0 Å². The van der Waals surface area contributed by atoms with E-state index in [4.69, 9.17) is 11.6 Å². The monoisotopic (exact) mass is 286 g/mol. The summed E-state index contributed by atoms with van der Waals surface area (Å²) in [4.78, 5) is 12.0. The molecule has 0 radical (unpaired) electrons. The number of nitrogens with zero attached hydrogens (tertiary/aromatic N) is 3. The number of rotatable bonds is 4. The Bertz CT molecular complexity index is 580. The molecular formula is C10H8ClFN4OS. The minimum Gasteiger partial charge on any atom is -0.271 e. The highest BCUT2D eigenvalue weighted by atomic mass is 35.5. The first-order valence-electron chi connectivity index (χ1n) is 4.89. The number of hydrazone groups is 1. The third-order valence-corrected chi connectivity index (χ3v) is 2.89. The maximum Gasteiger partial charge on any atom is 0.261 e. The predicted molar refractivity (Wildman–Crippen MR) is 67.3 cm³/mol. The maximum absolute atomic E-state index is 12.6. The highest BCUT2D eigenvalue weighted by Crippen LogP contribution is 2.11. The number of carbonyl (C=O) groups is 1. The lowest BCUT2D eigenvalue weighted by Crippen LogP contribution is -2.23. The highest BCUT2D eigenvalue weighted by Gasteiger charge is 2.02. The fourth-order valence-electron chi connectivity index (χ4n) is 1.17. The molecule has 2 rings (SSSR count). The predicted octanol–water partition coefficient (Wildman–Crippen LogP) is 1.89. The fourth-order valence-corrected chi connectivity index (χ4v) is 1.93. The number of aromatic nitrogens is 2. The fraction of sp³-hybridized carbons (Fsp3) is 0.100. The van der Waals surface area contributed by atoms with Crippen LogP contribution in [0.4, 0.5) is 4.39 Å². The van der Waals surface area contributed by atoms with E-state index in [1.54, 1.807) is 6.07 Å². The van der Waals surface area contributed by atoms with Gasteiger partial charge in [-0.3, -0.25) is 9.48 Å². The molecule has 0 aromatic carbocycles. The van der Waals surface area contributed by atoms with Gasteiger partial charge in [0.15, 0.2) is 5.13 Å². The van der Waals surface area contributed by atoms with Gasteiger partial charge in [-0.25, -0.2) is 5.43 Å². The summed E-state index contributed by atoms with van der Waals surface area (Å²) in [5, 5.41) is 7.71. The van der Waals surface area contributed by atoms with Crippen LogP contribution >= 0.6 is 22.9 Å². The van der Waals surface area contributed by atoms with Gasteiger partial charge in [-0.15, -0.1) is 11.3 Å². The third kappa shape index (κ3) is 3.64. The minimum absolute atomic E-state index is 0.0167. The van der Waals surface area contributed by atoms with Gasteiger partial charge in [-0.2, -0.15) is 14.6 Å². The number of halogens is 2. The van der Waals surface area contributed by atoms with Crippen LogP contribution in [0, 0.1) is 5.13 Å². The van der Waals surface area contributed by atoms with E-state index < -0.39 is 0 Å². The smallest absolute Gasteiger partial charge is 0.261 e. The van der Waals surface area contributed by atoms with Crippen molar-refractivity contribution in [1.29, 1.82) is 0 Å². The van der Waals surface area contributed by atoms with Gasteiger partial charge >= 0.3 is 0 Å². The second-order valence-corrected chi connectivity index (χ2v) is 4.79. The molecule has 0 aliphatic rings. The van der Waals surface area contributed by atoms with Crippen LogP contribution < -0.4 is 5.43 Å². The molecule has 1 amide bonds. The largest absolute Gasteiger partial charge is 0.271 e. The Kier molecular flexibility index (Phi) is 4.06. The van der Waals surface area contributed by atoms with Gasteiger partial charge in [0, 0.05) is 6.20 Å². The maximum atomic E-state index is 12.6. The average molecular weight is 287 g/mol. The van der Waals surface area contributed by atoms with Crippen molar-refractivity contribution in [3.63, 3.8) is 0 Å². The zero-order valence-electron chi connectivity index (χ0n) is 9.01. The van der Waals surface area contributed by atoms with Crippen molar-refractivity contribution in [2.75, 3.05) is 0 Å². The van der Waals surface area contributed by atoms with E-state index >= 15 is 0 Å². The van der Waals surface area contributed by atoms with Gasteiger partial charge in [0.2, 0.25) is 0 Å². The second kappa shape index (κ2) is 5.74. The van der Waals surface area contributed by atoms with E-state index in [0.717, 1.165) is 11.3 Å². The summed E-state index contributed by atoms with van der Waals surface area (Å²) < 4.78 is 14.0. The molecule has 0 saturated heterocycles. The molecule has 8 heteroatoms. The molecule has 1 N–H and O–H groups in total. The van der Waals surface area contributed by atoms with Crippen LogP contribution in [0.2, 0.25) is 5.02 Å². The van der Waals surface area contributed by atoms with Crippen LogP contribution in [0.1, 0.15) is 4.88 Å². The van der Waals surface area contributed by atoms with Gasteiger partial charge in [-0.1, -0.05) is 11.6 Å². The van der Waals surface area contributed by atoms with E-state index in [1.807, 2.05) is 0 Å². The zero-order chi connectivity index (χ0) is 13.0. The zero-order valence-corrected chi connectivity index (χ0v) is 10.6. The van der Waals surface area contributed by atoms with E-state index in [-0.39, 0.29) is 17.6 Å². The van der Waals surface area contributed by atoms with E-state index in [1.165, 1.54) is 29.4 Å². The summed E-state index contributed by atoms with van der Waals surface area (Å²) >= 11 is 6.60. The van der Waals surface area contributed by atoms with Crippen LogP contribution in [-0.4, -0.2) is 21.9 Å². The lowest BCUT2D eigenvalue weighted by molar-refractivity contribution is -0.121. The molecular weight excluding hydrogens is 279 g/mol. The molecule has 2 heterocycles. The average Bonchev–Trinajstić information content (AvgIpc) is 2.88. The molecule has 0 unspecified atom stereocenters. The van der Waals surface area contributed by atoms with Crippen molar-refractivity contribution < 1.29 is 9.18 Å². The summed E-state index contributed by atoms with van der Waals surface area (Å²) in [6, 6.07) is 2.91. The Morgan fingerprint density at radius 1 is 1.67 bits per heavy atom. The minimum atomic E-state index is -0.344. The van der Waals surface area contributed by atoms with Gasteiger partial charge in [0.25, 0.3) is 5.91 Å². The number of amides is 1. The number of carbonyl (C=O) groups excluding carboxylic acids is 1. The van der Waals surface area contributed by atoms with Crippen LogP contribution in [-0.2, 0) is 11.3 Å². The first-order chi connectivity index (χ1) is 8.63. The number of hydrogen-bond acceptors (Lipinski definition) is 4. The summed E-state index contributed by atoms with van der Waals surface area (Å²) in [7, 11) is 0. The Morgan fingerprint density at radius 2 is 2.50 bits per heavy atom.